The number of anilines is 2. The van der Waals surface area contributed by atoms with Crippen LogP contribution in [0.3, 0.4) is 0 Å². The van der Waals surface area contributed by atoms with Crippen LogP contribution in [-0.2, 0) is 11.2 Å². The number of halogens is 2. The van der Waals surface area contributed by atoms with Crippen molar-refractivity contribution in [3.63, 3.8) is 0 Å². The molecule has 10 heteroatoms. The number of amides is 1. The number of methoxy groups -OCH3 is 1. The van der Waals surface area contributed by atoms with E-state index in [0.717, 1.165) is 0 Å². The first-order chi connectivity index (χ1) is 16.0. The van der Waals surface area contributed by atoms with Gasteiger partial charge in [0.05, 0.1) is 23.2 Å². The molecular formula is C23H20ClFN4O4. The maximum absolute atomic E-state index is 13.5. The van der Waals surface area contributed by atoms with E-state index in [9.17, 15) is 9.18 Å². The molecule has 0 aliphatic rings. The Morgan fingerprint density at radius 2 is 2.06 bits per heavy atom. The molecule has 0 fully saturated rings. The predicted molar refractivity (Wildman–Crippen MR) is 121 cm³/mol. The lowest BCUT2D eigenvalue weighted by atomic mass is 10.1. The average molecular weight is 471 g/mol. The first-order valence-corrected chi connectivity index (χ1v) is 10.4. The van der Waals surface area contributed by atoms with Crippen LogP contribution in [0.25, 0.3) is 22.2 Å². The zero-order valence-corrected chi connectivity index (χ0v) is 18.3. The molecule has 4 aromatic rings. The smallest absolute Gasteiger partial charge is 0.243 e. The molecule has 0 unspecified atom stereocenters. The van der Waals surface area contributed by atoms with Gasteiger partial charge < -0.3 is 14.5 Å². The minimum atomic E-state index is -0.507. The fourth-order valence-electron chi connectivity index (χ4n) is 3.39. The number of aromatic nitrogens is 2. The summed E-state index contributed by atoms with van der Waals surface area (Å²) in [6.07, 6.45) is 2.66. The lowest BCUT2D eigenvalue weighted by Crippen LogP contribution is -2.17. The number of carbonyl (C=O) groups is 1. The Labute approximate surface area is 193 Å². The van der Waals surface area contributed by atoms with E-state index >= 15 is 0 Å². The monoisotopic (exact) mass is 470 g/mol. The SMILES string of the molecule is COc1cc2ncnc(Nc3ccc(F)c(Cl)c3)c2cc1-c1ccc(CCCC(=O)NO)o1. The number of hydrogen-bond donors (Lipinski definition) is 3. The van der Waals surface area contributed by atoms with Gasteiger partial charge >= 0.3 is 0 Å². The van der Waals surface area contributed by atoms with E-state index < -0.39 is 11.7 Å². The molecule has 0 bridgehead atoms. The largest absolute Gasteiger partial charge is 0.496 e. The first kappa shape index (κ1) is 22.5. The fourth-order valence-corrected chi connectivity index (χ4v) is 3.57. The van der Waals surface area contributed by atoms with Crippen LogP contribution >= 0.6 is 11.6 Å². The van der Waals surface area contributed by atoms with E-state index in [1.54, 1.807) is 24.7 Å². The number of fused-ring (bicyclic) bond motifs is 1. The van der Waals surface area contributed by atoms with Gasteiger partial charge in [-0.1, -0.05) is 11.6 Å². The number of furan rings is 1. The zero-order valence-electron chi connectivity index (χ0n) is 17.6. The van der Waals surface area contributed by atoms with E-state index in [4.69, 9.17) is 26.0 Å². The van der Waals surface area contributed by atoms with Gasteiger partial charge in [-0.3, -0.25) is 10.0 Å². The third-order valence-corrected chi connectivity index (χ3v) is 5.31. The van der Waals surface area contributed by atoms with Crippen molar-refractivity contribution in [3.8, 4) is 17.1 Å². The Hall–Kier alpha value is -3.69. The third-order valence-electron chi connectivity index (χ3n) is 5.02. The van der Waals surface area contributed by atoms with Gasteiger partial charge in [-0.25, -0.2) is 19.8 Å². The molecule has 33 heavy (non-hydrogen) atoms. The van der Waals surface area contributed by atoms with Gasteiger partial charge in [0.15, 0.2) is 0 Å². The van der Waals surface area contributed by atoms with Gasteiger partial charge in [-0.2, -0.15) is 0 Å². The summed E-state index contributed by atoms with van der Waals surface area (Å²) < 4.78 is 25.0. The standard InChI is InChI=1S/C23H20ClFN4O4/c1-32-21-11-19-15(23(27-12-26-19)28-13-5-7-18(25)17(24)9-13)10-16(21)20-8-6-14(33-20)3-2-4-22(30)29-31/h5-12,31H,2-4H2,1H3,(H,29,30)(H,26,27,28). The summed E-state index contributed by atoms with van der Waals surface area (Å²) in [5, 5.41) is 12.4. The maximum Gasteiger partial charge on any atom is 0.243 e. The van der Waals surface area contributed by atoms with Crippen LogP contribution in [0.4, 0.5) is 15.9 Å². The number of aryl methyl sites for hydroxylation is 1. The summed E-state index contributed by atoms with van der Waals surface area (Å²) in [6, 6.07) is 11.6. The number of nitrogens with zero attached hydrogens (tertiary/aromatic N) is 2. The minimum Gasteiger partial charge on any atom is -0.496 e. The van der Waals surface area contributed by atoms with Crippen molar-refractivity contribution >= 4 is 39.9 Å². The lowest BCUT2D eigenvalue weighted by Gasteiger charge is -2.12. The molecule has 3 N–H and O–H groups in total. The number of benzene rings is 2. The third kappa shape index (κ3) is 5.05. The average Bonchev–Trinajstić information content (AvgIpc) is 3.29. The number of rotatable bonds is 8. The summed E-state index contributed by atoms with van der Waals surface area (Å²) in [4.78, 5) is 19.8. The molecule has 0 atom stereocenters. The Morgan fingerprint density at radius 1 is 1.21 bits per heavy atom. The van der Waals surface area contributed by atoms with Crippen molar-refractivity contribution in [2.75, 3.05) is 12.4 Å². The van der Waals surface area contributed by atoms with E-state index in [1.807, 2.05) is 18.2 Å². The van der Waals surface area contributed by atoms with Crippen LogP contribution in [0.1, 0.15) is 18.6 Å². The van der Waals surface area contributed by atoms with Crippen molar-refractivity contribution in [1.82, 2.24) is 15.4 Å². The fraction of sp³-hybridized carbons (Fsp3) is 0.174. The highest BCUT2D eigenvalue weighted by Crippen LogP contribution is 2.37. The quantitative estimate of drug-likeness (QED) is 0.238. The summed E-state index contributed by atoms with van der Waals surface area (Å²) in [5.41, 5.74) is 3.52. The van der Waals surface area contributed by atoms with Crippen molar-refractivity contribution < 1.29 is 23.5 Å². The first-order valence-electron chi connectivity index (χ1n) is 10.1. The Kier molecular flexibility index (Phi) is 6.71. The number of hydroxylamine groups is 1. The lowest BCUT2D eigenvalue weighted by molar-refractivity contribution is -0.129. The second-order valence-corrected chi connectivity index (χ2v) is 7.61. The van der Waals surface area contributed by atoms with Crippen LogP contribution < -0.4 is 15.5 Å². The van der Waals surface area contributed by atoms with E-state index in [2.05, 4.69) is 15.3 Å². The van der Waals surface area contributed by atoms with Gasteiger partial charge in [-0.15, -0.1) is 0 Å². The molecule has 2 aromatic carbocycles. The molecule has 170 valence electrons. The highest BCUT2D eigenvalue weighted by Gasteiger charge is 2.16. The van der Waals surface area contributed by atoms with E-state index in [-0.39, 0.29) is 11.4 Å². The van der Waals surface area contributed by atoms with Crippen LogP contribution in [-0.4, -0.2) is 28.2 Å². The topological polar surface area (TPSA) is 110 Å². The number of nitrogens with one attached hydrogen (secondary N) is 2. The normalized spacial score (nSPS) is 10.9. The number of hydrogen-bond acceptors (Lipinski definition) is 7. The van der Waals surface area contributed by atoms with Gasteiger partial charge in [0.1, 0.15) is 35.2 Å². The van der Waals surface area contributed by atoms with Crippen molar-refractivity contribution in [2.24, 2.45) is 0 Å². The maximum atomic E-state index is 13.5. The van der Waals surface area contributed by atoms with Crippen LogP contribution in [0.15, 0.2) is 53.2 Å². The molecule has 0 saturated heterocycles. The Bertz CT molecular complexity index is 1310. The second kappa shape index (κ2) is 9.85. The molecule has 0 aliphatic carbocycles. The van der Waals surface area contributed by atoms with Gasteiger partial charge in [0, 0.05) is 30.0 Å². The van der Waals surface area contributed by atoms with Gasteiger partial charge in [0.2, 0.25) is 5.91 Å². The number of carbonyl (C=O) groups excluding carboxylic acids is 1. The molecule has 8 nitrogen and oxygen atoms in total. The highest BCUT2D eigenvalue weighted by atomic mass is 35.5. The summed E-state index contributed by atoms with van der Waals surface area (Å²) in [6.45, 7) is 0. The molecule has 4 rings (SSSR count). The zero-order chi connectivity index (χ0) is 23.4. The van der Waals surface area contributed by atoms with E-state index in [0.29, 0.717) is 58.1 Å². The summed E-state index contributed by atoms with van der Waals surface area (Å²) in [5.74, 6) is 1.40. The molecular weight excluding hydrogens is 451 g/mol. The van der Waals surface area contributed by atoms with Crippen LogP contribution in [0.2, 0.25) is 5.02 Å². The van der Waals surface area contributed by atoms with Crippen molar-refractivity contribution in [3.05, 3.63) is 65.4 Å². The molecule has 0 aliphatic heterocycles. The highest BCUT2D eigenvalue weighted by molar-refractivity contribution is 6.31. The molecule has 0 radical (unpaired) electrons. The van der Waals surface area contributed by atoms with Gasteiger partial charge in [-0.05, 0) is 42.8 Å². The summed E-state index contributed by atoms with van der Waals surface area (Å²) >= 11 is 5.90. The predicted octanol–water partition coefficient (Wildman–Crippen LogP) is 5.26. The van der Waals surface area contributed by atoms with Crippen molar-refractivity contribution in [1.29, 1.82) is 0 Å². The number of ether oxygens (including phenoxy) is 1. The Balaban J connectivity index is 1.66. The summed E-state index contributed by atoms with van der Waals surface area (Å²) in [7, 11) is 1.56. The molecule has 0 spiro atoms. The molecule has 2 aromatic heterocycles. The second-order valence-electron chi connectivity index (χ2n) is 7.20. The molecule has 2 heterocycles. The van der Waals surface area contributed by atoms with E-state index in [1.165, 1.54) is 18.5 Å². The van der Waals surface area contributed by atoms with Gasteiger partial charge in [0.25, 0.3) is 0 Å². The van der Waals surface area contributed by atoms with Crippen LogP contribution in [0, 0.1) is 5.82 Å². The van der Waals surface area contributed by atoms with Crippen LogP contribution in [0.5, 0.6) is 5.75 Å². The van der Waals surface area contributed by atoms with Crippen molar-refractivity contribution in [2.45, 2.75) is 19.3 Å². The Morgan fingerprint density at radius 3 is 2.82 bits per heavy atom. The minimum absolute atomic E-state index is 0.000282. The molecule has 0 saturated carbocycles. The molecule has 1 amide bonds.